The molecule has 2 aliphatic rings. The van der Waals surface area contributed by atoms with Crippen molar-refractivity contribution in [1.29, 1.82) is 0 Å². The van der Waals surface area contributed by atoms with Gasteiger partial charge in [-0.3, -0.25) is 14.9 Å². The standard InChI is InChI=1S/C21H25N5O3S/c1-4-5-10-30-20-23-19-22-15-11-21(2,3)12-16(27)17(15)18(25(19)24-20)13-6-8-14(9-7-13)26(28)29/h6-9,18H,4-5,10-12H2,1-3H3,(H,22,23,24). The zero-order valence-corrected chi connectivity index (χ0v) is 18.2. The molecule has 0 bridgehead atoms. The Balaban J connectivity index is 1.78. The van der Waals surface area contributed by atoms with E-state index < -0.39 is 11.0 Å². The van der Waals surface area contributed by atoms with E-state index in [-0.39, 0.29) is 16.9 Å². The summed E-state index contributed by atoms with van der Waals surface area (Å²) in [4.78, 5) is 28.5. The fraction of sp³-hybridized carbons (Fsp3) is 0.476. The molecule has 4 rings (SSSR count). The number of carbonyl (C=O) groups is 1. The summed E-state index contributed by atoms with van der Waals surface area (Å²) in [5, 5.41) is 19.8. The maximum atomic E-state index is 13.2. The molecule has 1 aromatic heterocycles. The van der Waals surface area contributed by atoms with E-state index in [1.807, 2.05) is 0 Å². The number of hydrogen-bond donors (Lipinski definition) is 1. The number of thioether (sulfide) groups is 1. The number of benzene rings is 1. The molecule has 9 heteroatoms. The van der Waals surface area contributed by atoms with E-state index in [0.717, 1.165) is 36.3 Å². The second-order valence-corrected chi connectivity index (χ2v) is 9.64. The van der Waals surface area contributed by atoms with Crippen LogP contribution in [0, 0.1) is 15.5 Å². The minimum atomic E-state index is -0.436. The van der Waals surface area contributed by atoms with Crippen molar-refractivity contribution in [2.24, 2.45) is 5.41 Å². The summed E-state index contributed by atoms with van der Waals surface area (Å²) < 4.78 is 1.75. The summed E-state index contributed by atoms with van der Waals surface area (Å²) in [6.45, 7) is 6.31. The van der Waals surface area contributed by atoms with Crippen molar-refractivity contribution in [2.75, 3.05) is 11.1 Å². The smallest absolute Gasteiger partial charge is 0.269 e. The Labute approximate surface area is 179 Å². The predicted molar refractivity (Wildman–Crippen MR) is 116 cm³/mol. The molecule has 0 fully saturated rings. The van der Waals surface area contributed by atoms with Crippen LogP contribution in [0.5, 0.6) is 0 Å². The van der Waals surface area contributed by atoms with E-state index in [1.54, 1.807) is 28.6 Å². The molecule has 2 aromatic rings. The van der Waals surface area contributed by atoms with Crippen molar-refractivity contribution < 1.29 is 9.72 Å². The summed E-state index contributed by atoms with van der Waals surface area (Å²) >= 11 is 1.60. The van der Waals surface area contributed by atoms with Crippen LogP contribution in [-0.4, -0.2) is 31.2 Å². The number of rotatable bonds is 6. The number of ketones is 1. The zero-order valence-electron chi connectivity index (χ0n) is 17.3. The fourth-order valence-corrected chi connectivity index (χ4v) is 4.96. The number of unbranched alkanes of at least 4 members (excludes halogenated alkanes) is 1. The first-order valence-electron chi connectivity index (χ1n) is 10.2. The van der Waals surface area contributed by atoms with Crippen LogP contribution in [0.15, 0.2) is 40.7 Å². The first-order chi connectivity index (χ1) is 14.3. The third kappa shape index (κ3) is 3.86. The number of nitro benzene ring substituents is 1. The number of hydrogen-bond acceptors (Lipinski definition) is 7. The molecule has 158 valence electrons. The first-order valence-corrected chi connectivity index (χ1v) is 11.1. The number of allylic oxidation sites excluding steroid dienone is 2. The Morgan fingerprint density at radius 2 is 2.03 bits per heavy atom. The van der Waals surface area contributed by atoms with Gasteiger partial charge in [-0.1, -0.05) is 39.0 Å². The number of carbonyl (C=O) groups excluding carboxylic acids is 1. The van der Waals surface area contributed by atoms with E-state index in [1.165, 1.54) is 12.1 Å². The molecule has 1 aromatic carbocycles. The molecule has 0 spiro atoms. The molecule has 1 unspecified atom stereocenters. The number of anilines is 1. The van der Waals surface area contributed by atoms with Gasteiger partial charge >= 0.3 is 0 Å². The molecule has 1 aliphatic carbocycles. The van der Waals surface area contributed by atoms with Crippen molar-refractivity contribution in [3.05, 3.63) is 51.2 Å². The number of nitrogens with zero attached hydrogens (tertiary/aromatic N) is 4. The van der Waals surface area contributed by atoms with E-state index in [2.05, 4.69) is 36.2 Å². The topological polar surface area (TPSA) is 103 Å². The van der Waals surface area contributed by atoms with Gasteiger partial charge in [-0.15, -0.1) is 5.10 Å². The lowest BCUT2D eigenvalue weighted by Crippen LogP contribution is -2.36. The van der Waals surface area contributed by atoms with E-state index in [9.17, 15) is 14.9 Å². The monoisotopic (exact) mass is 427 g/mol. The Kier molecular flexibility index (Phi) is 5.40. The highest BCUT2D eigenvalue weighted by Crippen LogP contribution is 2.45. The Morgan fingerprint density at radius 3 is 2.70 bits per heavy atom. The van der Waals surface area contributed by atoms with Crippen molar-refractivity contribution in [3.8, 4) is 0 Å². The summed E-state index contributed by atoms with van der Waals surface area (Å²) in [6, 6.07) is 5.93. The second kappa shape index (κ2) is 7.86. The molecule has 0 saturated heterocycles. The summed E-state index contributed by atoms with van der Waals surface area (Å²) in [7, 11) is 0. The van der Waals surface area contributed by atoms with Gasteiger partial charge in [0.05, 0.1) is 4.92 Å². The van der Waals surface area contributed by atoms with Crippen LogP contribution in [-0.2, 0) is 4.79 Å². The highest BCUT2D eigenvalue weighted by molar-refractivity contribution is 7.99. The average molecular weight is 428 g/mol. The van der Waals surface area contributed by atoms with Crippen molar-refractivity contribution >= 4 is 29.2 Å². The third-order valence-electron chi connectivity index (χ3n) is 5.46. The van der Waals surface area contributed by atoms with E-state index in [4.69, 9.17) is 0 Å². The van der Waals surface area contributed by atoms with Crippen molar-refractivity contribution in [3.63, 3.8) is 0 Å². The maximum absolute atomic E-state index is 13.2. The molecule has 0 saturated carbocycles. The van der Waals surface area contributed by atoms with Crippen LogP contribution in [0.2, 0.25) is 0 Å². The SMILES string of the molecule is CCCCSc1nc2n(n1)C(c1ccc([N+](=O)[O-])cc1)C1=C(CC(C)(C)CC1=O)N2. The van der Waals surface area contributed by atoms with Gasteiger partial charge in [-0.05, 0) is 36.0 Å². The number of nitrogens with one attached hydrogen (secondary N) is 1. The molecule has 2 heterocycles. The van der Waals surface area contributed by atoms with Crippen LogP contribution in [0.1, 0.15) is 58.1 Å². The van der Waals surface area contributed by atoms with Gasteiger partial charge in [-0.25, -0.2) is 4.68 Å². The fourth-order valence-electron chi connectivity index (χ4n) is 4.04. The Morgan fingerprint density at radius 1 is 1.30 bits per heavy atom. The van der Waals surface area contributed by atoms with Gasteiger partial charge < -0.3 is 5.32 Å². The third-order valence-corrected chi connectivity index (χ3v) is 6.39. The lowest BCUT2D eigenvalue weighted by molar-refractivity contribution is -0.384. The van der Waals surface area contributed by atoms with Gasteiger partial charge in [0, 0.05) is 35.6 Å². The zero-order chi connectivity index (χ0) is 21.5. The number of aromatic nitrogens is 3. The molecule has 1 aliphatic heterocycles. The highest BCUT2D eigenvalue weighted by atomic mass is 32.2. The van der Waals surface area contributed by atoms with Crippen LogP contribution in [0.4, 0.5) is 11.6 Å². The minimum absolute atomic E-state index is 0.0209. The Bertz CT molecular complexity index is 1030. The van der Waals surface area contributed by atoms with E-state index >= 15 is 0 Å². The van der Waals surface area contributed by atoms with Crippen LogP contribution in [0.25, 0.3) is 0 Å². The van der Waals surface area contributed by atoms with Gasteiger partial charge in [0.15, 0.2) is 5.78 Å². The maximum Gasteiger partial charge on any atom is 0.269 e. The highest BCUT2D eigenvalue weighted by Gasteiger charge is 2.41. The molecule has 1 N–H and O–H groups in total. The second-order valence-electron chi connectivity index (χ2n) is 8.57. The number of Topliss-reactive ketones (excluding diaryl/α,β-unsaturated/α-hetero) is 1. The van der Waals surface area contributed by atoms with Gasteiger partial charge in [0.25, 0.3) is 5.69 Å². The van der Waals surface area contributed by atoms with E-state index in [0.29, 0.717) is 23.1 Å². The average Bonchev–Trinajstić information content (AvgIpc) is 3.08. The largest absolute Gasteiger partial charge is 0.328 e. The minimum Gasteiger partial charge on any atom is -0.328 e. The normalized spacial score (nSPS) is 19.8. The predicted octanol–water partition coefficient (Wildman–Crippen LogP) is 4.74. The lowest BCUT2D eigenvalue weighted by Gasteiger charge is -2.38. The molecule has 1 atom stereocenters. The van der Waals surface area contributed by atoms with Gasteiger partial charge in [0.2, 0.25) is 11.1 Å². The molecular formula is C21H25N5O3S. The number of nitro groups is 1. The summed E-state index contributed by atoms with van der Waals surface area (Å²) in [6.07, 6.45) is 3.38. The van der Waals surface area contributed by atoms with Gasteiger partial charge in [0.1, 0.15) is 6.04 Å². The molecule has 30 heavy (non-hydrogen) atoms. The first kappa shape index (κ1) is 20.6. The number of fused-ring (bicyclic) bond motifs is 1. The lowest BCUT2D eigenvalue weighted by atomic mass is 9.73. The molecule has 0 amide bonds. The number of non-ortho nitro benzene ring substituents is 1. The van der Waals surface area contributed by atoms with Crippen LogP contribution in [0.3, 0.4) is 0 Å². The molecular weight excluding hydrogens is 402 g/mol. The molecule has 0 radical (unpaired) electrons. The quantitative estimate of drug-likeness (QED) is 0.307. The van der Waals surface area contributed by atoms with Gasteiger partial charge in [-0.2, -0.15) is 4.98 Å². The molecule has 8 nitrogen and oxygen atoms in total. The van der Waals surface area contributed by atoms with Crippen molar-refractivity contribution in [1.82, 2.24) is 14.8 Å². The summed E-state index contributed by atoms with van der Waals surface area (Å²) in [5.41, 5.74) is 2.24. The Hall–Kier alpha value is -2.68. The van der Waals surface area contributed by atoms with Crippen LogP contribution < -0.4 is 5.32 Å². The van der Waals surface area contributed by atoms with Crippen LogP contribution >= 0.6 is 11.8 Å². The summed E-state index contributed by atoms with van der Waals surface area (Å²) in [5.74, 6) is 1.63. The van der Waals surface area contributed by atoms with Crippen molar-refractivity contribution in [2.45, 2.75) is 57.7 Å².